The van der Waals surface area contributed by atoms with Crippen LogP contribution in [0.15, 0.2) is 24.3 Å². The Balaban J connectivity index is 1.23. The van der Waals surface area contributed by atoms with E-state index >= 15 is 0 Å². The summed E-state index contributed by atoms with van der Waals surface area (Å²) >= 11 is 0. The van der Waals surface area contributed by atoms with Gasteiger partial charge in [-0.2, -0.15) is 0 Å². The number of nitrogens with zero attached hydrogens (tertiary/aromatic N) is 3. The molecule has 0 aliphatic carbocycles. The summed E-state index contributed by atoms with van der Waals surface area (Å²) in [5.41, 5.74) is 2.33. The third kappa shape index (κ3) is 3.99. The number of ether oxygens (including phenoxy) is 1. The summed E-state index contributed by atoms with van der Waals surface area (Å²) in [7, 11) is 2.14. The molecular weight excluding hydrogens is 392 g/mol. The smallest absolute Gasteiger partial charge is 0.239 e. The quantitative estimate of drug-likeness (QED) is 0.789. The van der Waals surface area contributed by atoms with Crippen molar-refractivity contribution < 1.29 is 14.3 Å². The number of likely N-dealkylation sites (tertiary alicyclic amines) is 1. The minimum Gasteiger partial charge on any atom is -0.381 e. The van der Waals surface area contributed by atoms with E-state index in [1.807, 2.05) is 23.1 Å². The molecule has 4 heterocycles. The molecule has 5 rings (SSSR count). The number of anilines is 1. The van der Waals surface area contributed by atoms with E-state index in [0.29, 0.717) is 19.0 Å². The monoisotopic (exact) mass is 426 g/mol. The standard InChI is InChI=1S/C24H34N4O3/c1-26-19(6-7-22(29)28-12-8-17-4-2-3-5-20(17)28)16-25-24(30)23-21(26)9-13-27(23)18-10-14-31-15-11-18/h2-5,18-19,21,23H,6-16H2,1H3,(H,25,30)/t19-,21-,23-/m0/s1. The topological polar surface area (TPSA) is 65.1 Å². The van der Waals surface area contributed by atoms with Gasteiger partial charge in [0.2, 0.25) is 11.8 Å². The van der Waals surface area contributed by atoms with Crippen molar-refractivity contribution in [2.24, 2.45) is 0 Å². The van der Waals surface area contributed by atoms with Crippen LogP contribution in [0.5, 0.6) is 0 Å². The van der Waals surface area contributed by atoms with Crippen molar-refractivity contribution in [3.63, 3.8) is 0 Å². The first-order valence-corrected chi connectivity index (χ1v) is 11.8. The molecule has 3 fully saturated rings. The highest BCUT2D eigenvalue weighted by Gasteiger charge is 2.47. The average Bonchev–Trinajstić information content (AvgIpc) is 3.41. The minimum atomic E-state index is -0.0840. The number of hydrogen-bond acceptors (Lipinski definition) is 5. The molecule has 3 atom stereocenters. The molecule has 0 unspecified atom stereocenters. The fourth-order valence-electron chi connectivity index (χ4n) is 6.04. The summed E-state index contributed by atoms with van der Waals surface area (Å²) in [6.07, 6.45) is 5.25. The highest BCUT2D eigenvalue weighted by molar-refractivity contribution is 5.95. The van der Waals surface area contributed by atoms with Crippen LogP contribution in [0.25, 0.3) is 0 Å². The summed E-state index contributed by atoms with van der Waals surface area (Å²) in [4.78, 5) is 32.8. The van der Waals surface area contributed by atoms with Crippen LogP contribution in [0.1, 0.15) is 37.7 Å². The van der Waals surface area contributed by atoms with Gasteiger partial charge in [-0.3, -0.25) is 19.4 Å². The average molecular weight is 427 g/mol. The Kier molecular flexibility index (Phi) is 5.99. The lowest BCUT2D eigenvalue weighted by Gasteiger charge is -2.37. The van der Waals surface area contributed by atoms with E-state index in [1.165, 1.54) is 5.56 Å². The third-order valence-corrected chi connectivity index (χ3v) is 7.82. The van der Waals surface area contributed by atoms with Gasteiger partial charge in [0.05, 0.1) is 0 Å². The van der Waals surface area contributed by atoms with Gasteiger partial charge in [-0.15, -0.1) is 0 Å². The molecule has 31 heavy (non-hydrogen) atoms. The van der Waals surface area contributed by atoms with Crippen LogP contribution in [-0.4, -0.2) is 85.7 Å². The second-order valence-corrected chi connectivity index (χ2v) is 9.41. The number of nitrogens with one attached hydrogen (secondary N) is 1. The molecule has 4 aliphatic heterocycles. The van der Waals surface area contributed by atoms with Crippen molar-refractivity contribution in [1.82, 2.24) is 15.1 Å². The zero-order chi connectivity index (χ0) is 21.4. The fourth-order valence-corrected chi connectivity index (χ4v) is 6.04. The van der Waals surface area contributed by atoms with Gasteiger partial charge < -0.3 is 15.0 Å². The lowest BCUT2D eigenvalue weighted by molar-refractivity contribution is -0.127. The maximum Gasteiger partial charge on any atom is 0.239 e. The zero-order valence-electron chi connectivity index (χ0n) is 18.5. The number of hydrogen-bond donors (Lipinski definition) is 1. The largest absolute Gasteiger partial charge is 0.381 e. The molecular formula is C24H34N4O3. The number of benzene rings is 1. The van der Waals surface area contributed by atoms with Crippen LogP contribution >= 0.6 is 0 Å². The third-order valence-electron chi connectivity index (χ3n) is 7.82. The molecule has 168 valence electrons. The molecule has 3 saturated heterocycles. The predicted molar refractivity (Wildman–Crippen MR) is 119 cm³/mol. The second-order valence-electron chi connectivity index (χ2n) is 9.41. The predicted octanol–water partition coefficient (Wildman–Crippen LogP) is 1.41. The van der Waals surface area contributed by atoms with Gasteiger partial charge in [0.1, 0.15) is 6.04 Å². The van der Waals surface area contributed by atoms with Gasteiger partial charge in [0.15, 0.2) is 0 Å². The Morgan fingerprint density at radius 3 is 2.81 bits per heavy atom. The molecule has 7 heteroatoms. The number of rotatable bonds is 4. The Bertz CT molecular complexity index is 825. The molecule has 0 bridgehead atoms. The Morgan fingerprint density at radius 2 is 1.97 bits per heavy atom. The maximum absolute atomic E-state index is 13.0. The van der Waals surface area contributed by atoms with Gasteiger partial charge in [-0.1, -0.05) is 18.2 Å². The van der Waals surface area contributed by atoms with Gasteiger partial charge >= 0.3 is 0 Å². The highest BCUT2D eigenvalue weighted by Crippen LogP contribution is 2.32. The maximum atomic E-state index is 13.0. The van der Waals surface area contributed by atoms with Gasteiger partial charge in [0.25, 0.3) is 0 Å². The van der Waals surface area contributed by atoms with Crippen molar-refractivity contribution in [3.05, 3.63) is 29.8 Å². The number of carbonyl (C=O) groups is 2. The SMILES string of the molecule is CN1[C@@H](CCC(=O)N2CCc3ccccc32)CNC(=O)[C@@H]2[C@@H]1CCN2C1CCOCC1. The Labute approximate surface area is 184 Å². The van der Waals surface area contributed by atoms with Crippen LogP contribution in [0.4, 0.5) is 5.69 Å². The van der Waals surface area contributed by atoms with E-state index in [-0.39, 0.29) is 29.9 Å². The zero-order valence-corrected chi connectivity index (χ0v) is 18.5. The van der Waals surface area contributed by atoms with Crippen LogP contribution in [0.2, 0.25) is 0 Å². The lowest BCUT2D eigenvalue weighted by Crippen LogP contribution is -2.53. The molecule has 2 amide bonds. The molecule has 1 aromatic carbocycles. The summed E-state index contributed by atoms with van der Waals surface area (Å²) in [6, 6.07) is 8.97. The molecule has 4 aliphatic rings. The van der Waals surface area contributed by atoms with Crippen LogP contribution in [0.3, 0.4) is 0 Å². The van der Waals surface area contributed by atoms with E-state index in [9.17, 15) is 9.59 Å². The van der Waals surface area contributed by atoms with Crippen molar-refractivity contribution in [2.75, 3.05) is 44.8 Å². The van der Waals surface area contributed by atoms with Crippen molar-refractivity contribution >= 4 is 17.5 Å². The van der Waals surface area contributed by atoms with Crippen molar-refractivity contribution in [3.8, 4) is 0 Å². The van der Waals surface area contributed by atoms with E-state index in [2.05, 4.69) is 28.2 Å². The van der Waals surface area contributed by atoms with Gasteiger partial charge in [-0.25, -0.2) is 0 Å². The summed E-state index contributed by atoms with van der Waals surface area (Å²) < 4.78 is 5.53. The van der Waals surface area contributed by atoms with Gasteiger partial charge in [0, 0.05) is 63.1 Å². The summed E-state index contributed by atoms with van der Waals surface area (Å²) in [5.74, 6) is 0.351. The first-order valence-electron chi connectivity index (χ1n) is 11.8. The van der Waals surface area contributed by atoms with Crippen molar-refractivity contribution in [1.29, 1.82) is 0 Å². The van der Waals surface area contributed by atoms with E-state index in [0.717, 1.165) is 64.1 Å². The highest BCUT2D eigenvalue weighted by atomic mass is 16.5. The van der Waals surface area contributed by atoms with Gasteiger partial charge in [-0.05, 0) is 50.8 Å². The Morgan fingerprint density at radius 1 is 1.16 bits per heavy atom. The van der Waals surface area contributed by atoms with Crippen LogP contribution in [0, 0.1) is 0 Å². The van der Waals surface area contributed by atoms with Crippen LogP contribution in [-0.2, 0) is 20.7 Å². The fraction of sp³-hybridized carbons (Fsp3) is 0.667. The summed E-state index contributed by atoms with van der Waals surface area (Å²) in [5, 5.41) is 3.20. The molecule has 1 N–H and O–H groups in total. The first kappa shape index (κ1) is 20.9. The molecule has 0 saturated carbocycles. The second kappa shape index (κ2) is 8.88. The van der Waals surface area contributed by atoms with E-state index in [4.69, 9.17) is 4.74 Å². The normalized spacial score (nSPS) is 30.0. The molecule has 0 aromatic heterocycles. The van der Waals surface area contributed by atoms with Crippen LogP contribution < -0.4 is 10.2 Å². The summed E-state index contributed by atoms with van der Waals surface area (Å²) in [6.45, 7) is 3.95. The number of likely N-dealkylation sites (N-methyl/N-ethyl adjacent to an activating group) is 1. The Hall–Kier alpha value is -1.96. The number of para-hydroxylation sites is 1. The minimum absolute atomic E-state index is 0.0840. The first-order chi connectivity index (χ1) is 15.1. The molecule has 0 radical (unpaired) electrons. The molecule has 1 aromatic rings. The number of fused-ring (bicyclic) bond motifs is 2. The van der Waals surface area contributed by atoms with Crippen molar-refractivity contribution in [2.45, 2.75) is 62.7 Å². The number of carbonyl (C=O) groups excluding carboxylic acids is 2. The lowest BCUT2D eigenvalue weighted by atomic mass is 10.0. The molecule has 7 nitrogen and oxygen atoms in total. The number of amides is 2. The van der Waals surface area contributed by atoms with E-state index < -0.39 is 0 Å². The van der Waals surface area contributed by atoms with E-state index in [1.54, 1.807) is 0 Å². The molecule has 0 spiro atoms.